The van der Waals surface area contributed by atoms with Crippen LogP contribution in [0.5, 0.6) is 0 Å². The van der Waals surface area contributed by atoms with Crippen LogP contribution in [-0.4, -0.2) is 93.8 Å². The summed E-state index contributed by atoms with van der Waals surface area (Å²) in [6.07, 6.45) is 5.53. The molecule has 0 radical (unpaired) electrons. The molecular formula is C19H25N9O2. The van der Waals surface area contributed by atoms with Crippen LogP contribution in [0.3, 0.4) is 0 Å². The highest BCUT2D eigenvalue weighted by Crippen LogP contribution is 2.25. The third kappa shape index (κ3) is 4.04. The van der Waals surface area contributed by atoms with E-state index in [1.54, 1.807) is 6.20 Å². The molecule has 3 aromatic heterocycles. The van der Waals surface area contributed by atoms with E-state index in [9.17, 15) is 0 Å². The lowest BCUT2D eigenvalue weighted by atomic mass is 10.2. The summed E-state index contributed by atoms with van der Waals surface area (Å²) in [5.74, 6) is 0.900. The van der Waals surface area contributed by atoms with Crippen molar-refractivity contribution in [2.45, 2.75) is 6.54 Å². The molecule has 2 N–H and O–H groups in total. The van der Waals surface area contributed by atoms with Crippen molar-refractivity contribution in [3.05, 3.63) is 18.6 Å². The Morgan fingerprint density at radius 1 is 0.900 bits per heavy atom. The summed E-state index contributed by atoms with van der Waals surface area (Å²) in [5, 5.41) is 4.50. The van der Waals surface area contributed by atoms with Crippen LogP contribution in [0.1, 0.15) is 0 Å². The zero-order chi connectivity index (χ0) is 20.3. The molecule has 3 aromatic rings. The number of fused-ring (bicyclic) bond motifs is 1. The van der Waals surface area contributed by atoms with E-state index in [1.165, 1.54) is 0 Å². The van der Waals surface area contributed by atoms with Gasteiger partial charge in [-0.05, 0) is 0 Å². The maximum absolute atomic E-state index is 5.91. The van der Waals surface area contributed by atoms with E-state index in [0.717, 1.165) is 63.7 Å². The summed E-state index contributed by atoms with van der Waals surface area (Å²) < 4.78 is 12.8. The van der Waals surface area contributed by atoms with E-state index in [2.05, 4.69) is 29.9 Å². The number of nitrogen functional groups attached to an aromatic ring is 1. The first-order valence-electron chi connectivity index (χ1n) is 10.2. The lowest BCUT2D eigenvalue weighted by molar-refractivity contribution is 0.0360. The van der Waals surface area contributed by atoms with Gasteiger partial charge >= 0.3 is 0 Å². The molecule has 2 fully saturated rings. The minimum absolute atomic E-state index is 0.196. The number of ether oxygens (including phenoxy) is 2. The predicted molar refractivity (Wildman–Crippen MR) is 111 cm³/mol. The second-order valence-corrected chi connectivity index (χ2v) is 7.38. The second-order valence-electron chi connectivity index (χ2n) is 7.38. The molecule has 5 heterocycles. The molecule has 0 bridgehead atoms. The molecule has 2 aliphatic rings. The Hall–Kier alpha value is -2.89. The predicted octanol–water partition coefficient (Wildman–Crippen LogP) is 0.0343. The van der Waals surface area contributed by atoms with Crippen LogP contribution < -0.4 is 10.6 Å². The minimum atomic E-state index is 0.196. The quantitative estimate of drug-likeness (QED) is 0.616. The fourth-order valence-corrected chi connectivity index (χ4v) is 3.73. The van der Waals surface area contributed by atoms with Gasteiger partial charge in [0.2, 0.25) is 5.95 Å². The van der Waals surface area contributed by atoms with Gasteiger partial charge in [-0.15, -0.1) is 0 Å². The number of hydrogen-bond acceptors (Lipinski definition) is 10. The van der Waals surface area contributed by atoms with Crippen molar-refractivity contribution in [1.29, 1.82) is 0 Å². The Morgan fingerprint density at radius 3 is 2.47 bits per heavy atom. The second kappa shape index (κ2) is 8.46. The zero-order valence-corrected chi connectivity index (χ0v) is 16.8. The molecule has 0 aromatic carbocycles. The number of hydrogen-bond donors (Lipinski definition) is 1. The molecule has 0 amide bonds. The van der Waals surface area contributed by atoms with Gasteiger partial charge in [-0.25, -0.2) is 9.97 Å². The normalized spacial score (nSPS) is 18.2. The van der Waals surface area contributed by atoms with Crippen LogP contribution in [0.4, 0.5) is 11.8 Å². The molecular weight excluding hydrogens is 386 g/mol. The number of anilines is 2. The molecule has 11 heteroatoms. The van der Waals surface area contributed by atoms with Crippen molar-refractivity contribution in [2.24, 2.45) is 0 Å². The van der Waals surface area contributed by atoms with Gasteiger partial charge in [-0.1, -0.05) is 0 Å². The minimum Gasteiger partial charge on any atom is -0.379 e. The first kappa shape index (κ1) is 19.1. The Kier molecular flexibility index (Phi) is 5.39. The number of morpholine rings is 2. The van der Waals surface area contributed by atoms with Crippen molar-refractivity contribution in [3.8, 4) is 11.3 Å². The molecule has 0 unspecified atom stereocenters. The first-order chi connectivity index (χ1) is 14.8. The van der Waals surface area contributed by atoms with Gasteiger partial charge in [-0.2, -0.15) is 15.1 Å². The highest BCUT2D eigenvalue weighted by atomic mass is 16.5. The van der Waals surface area contributed by atoms with Crippen molar-refractivity contribution >= 4 is 22.9 Å². The monoisotopic (exact) mass is 411 g/mol. The number of nitrogens with zero attached hydrogens (tertiary/aromatic N) is 8. The fourth-order valence-electron chi connectivity index (χ4n) is 3.73. The summed E-state index contributed by atoms with van der Waals surface area (Å²) in [4.78, 5) is 22.5. The van der Waals surface area contributed by atoms with E-state index in [0.29, 0.717) is 30.2 Å². The first-order valence-corrected chi connectivity index (χ1v) is 10.2. The van der Waals surface area contributed by atoms with E-state index in [1.807, 2.05) is 17.1 Å². The van der Waals surface area contributed by atoms with Gasteiger partial charge in [0.25, 0.3) is 0 Å². The molecule has 5 rings (SSSR count). The molecule has 0 atom stereocenters. The average Bonchev–Trinajstić information content (AvgIpc) is 3.27. The topological polar surface area (TPSA) is 120 Å². The zero-order valence-electron chi connectivity index (χ0n) is 16.8. The smallest absolute Gasteiger partial charge is 0.224 e. The van der Waals surface area contributed by atoms with Gasteiger partial charge in [0.15, 0.2) is 17.0 Å². The van der Waals surface area contributed by atoms with Gasteiger partial charge in [0, 0.05) is 44.5 Å². The Balaban J connectivity index is 1.39. The standard InChI is InChI=1S/C19H25N9O2/c20-19-24-17-16(18(25-19)27-5-9-30-10-6-27)23-15(12-21-17)14-11-22-28(13-14)2-1-26-3-7-29-8-4-26/h11-13H,1-10H2,(H2,20,21,24,25). The molecule has 0 aliphatic carbocycles. The lowest BCUT2D eigenvalue weighted by Gasteiger charge is -2.28. The molecule has 158 valence electrons. The number of nitrogens with two attached hydrogens (primary N) is 1. The van der Waals surface area contributed by atoms with Crippen molar-refractivity contribution in [1.82, 2.24) is 34.6 Å². The highest BCUT2D eigenvalue weighted by molar-refractivity contribution is 5.85. The summed E-state index contributed by atoms with van der Waals surface area (Å²) in [7, 11) is 0. The van der Waals surface area contributed by atoms with Gasteiger partial charge < -0.3 is 20.1 Å². The maximum Gasteiger partial charge on any atom is 0.224 e. The van der Waals surface area contributed by atoms with Gasteiger partial charge in [-0.3, -0.25) is 9.58 Å². The SMILES string of the molecule is Nc1nc(N2CCOCC2)c2nc(-c3cnn(CCN4CCOCC4)c3)cnc2n1. The molecule has 0 spiro atoms. The number of aromatic nitrogens is 6. The van der Waals surface area contributed by atoms with E-state index in [-0.39, 0.29) is 5.95 Å². The van der Waals surface area contributed by atoms with Crippen LogP contribution in [-0.2, 0) is 16.0 Å². The molecule has 2 saturated heterocycles. The van der Waals surface area contributed by atoms with Gasteiger partial charge in [0.1, 0.15) is 0 Å². The van der Waals surface area contributed by atoms with E-state index < -0.39 is 0 Å². The third-order valence-corrected chi connectivity index (χ3v) is 5.39. The molecule has 2 aliphatic heterocycles. The van der Waals surface area contributed by atoms with Crippen molar-refractivity contribution in [3.63, 3.8) is 0 Å². The average molecular weight is 411 g/mol. The van der Waals surface area contributed by atoms with Crippen molar-refractivity contribution in [2.75, 3.05) is 69.8 Å². The largest absolute Gasteiger partial charge is 0.379 e. The van der Waals surface area contributed by atoms with Crippen LogP contribution in [0.25, 0.3) is 22.4 Å². The number of rotatable bonds is 5. The van der Waals surface area contributed by atoms with Crippen LogP contribution in [0.2, 0.25) is 0 Å². The van der Waals surface area contributed by atoms with Gasteiger partial charge in [0.05, 0.1) is 51.1 Å². The summed E-state index contributed by atoms with van der Waals surface area (Å²) in [6.45, 7) is 8.07. The van der Waals surface area contributed by atoms with Crippen LogP contribution >= 0.6 is 0 Å². The highest BCUT2D eigenvalue weighted by Gasteiger charge is 2.19. The van der Waals surface area contributed by atoms with Crippen LogP contribution in [0.15, 0.2) is 18.6 Å². The fraction of sp³-hybridized carbons (Fsp3) is 0.526. The maximum atomic E-state index is 5.91. The molecule has 0 saturated carbocycles. The van der Waals surface area contributed by atoms with Crippen molar-refractivity contribution < 1.29 is 9.47 Å². The Morgan fingerprint density at radius 2 is 1.67 bits per heavy atom. The Bertz CT molecular complexity index is 1010. The van der Waals surface area contributed by atoms with Crippen LogP contribution in [0, 0.1) is 0 Å². The molecule has 30 heavy (non-hydrogen) atoms. The lowest BCUT2D eigenvalue weighted by Crippen LogP contribution is -2.38. The summed E-state index contributed by atoms with van der Waals surface area (Å²) >= 11 is 0. The van der Waals surface area contributed by atoms with E-state index in [4.69, 9.17) is 20.2 Å². The van der Waals surface area contributed by atoms with E-state index >= 15 is 0 Å². The molecule has 11 nitrogen and oxygen atoms in total. The summed E-state index contributed by atoms with van der Waals surface area (Å²) in [6, 6.07) is 0. The Labute approximate surface area is 173 Å². The third-order valence-electron chi connectivity index (χ3n) is 5.39. The summed E-state index contributed by atoms with van der Waals surface area (Å²) in [5.41, 5.74) is 8.69.